The molecule has 0 aliphatic carbocycles. The normalized spacial score (nSPS) is 13.7. The maximum atomic E-state index is 13.4. The lowest BCUT2D eigenvalue weighted by molar-refractivity contribution is -0.141. The van der Waals surface area contributed by atoms with E-state index in [2.05, 4.69) is 14.3 Å². The van der Waals surface area contributed by atoms with E-state index in [-0.39, 0.29) is 17.1 Å². The predicted octanol–water partition coefficient (Wildman–Crippen LogP) is 3.69. The molecular weight excluding hydrogens is 429 g/mol. The van der Waals surface area contributed by atoms with Gasteiger partial charge in [-0.3, -0.25) is 4.79 Å². The Balaban J connectivity index is 2.37. The Morgan fingerprint density at radius 1 is 1.17 bits per heavy atom. The highest BCUT2D eigenvalue weighted by Crippen LogP contribution is 2.37. The van der Waals surface area contributed by atoms with Crippen molar-refractivity contribution in [3.05, 3.63) is 58.2 Å². The molecule has 0 saturated carbocycles. The number of imidazole rings is 1. The fraction of sp³-hybridized carbons (Fsp3) is 0.235. The fourth-order valence-corrected chi connectivity index (χ4v) is 3.69. The maximum absolute atomic E-state index is 13.4. The summed E-state index contributed by atoms with van der Waals surface area (Å²) in [6.07, 6.45) is -4.12. The first-order valence-corrected chi connectivity index (χ1v) is 9.95. The van der Waals surface area contributed by atoms with Gasteiger partial charge in [-0.15, -0.1) is 11.3 Å². The number of carbonyl (C=O) groups excluding carboxylic acids is 1. The van der Waals surface area contributed by atoms with Crippen LogP contribution in [0.25, 0.3) is 11.5 Å². The molecule has 3 rings (SSSR count). The van der Waals surface area contributed by atoms with E-state index < -0.39 is 33.8 Å². The van der Waals surface area contributed by atoms with Gasteiger partial charge in [0.2, 0.25) is 0 Å². The highest BCUT2D eigenvalue weighted by Gasteiger charge is 2.43. The highest BCUT2D eigenvalue weighted by atomic mass is 32.2. The van der Waals surface area contributed by atoms with E-state index in [4.69, 9.17) is 0 Å². The van der Waals surface area contributed by atoms with Gasteiger partial charge in [-0.2, -0.15) is 21.6 Å². The molecule has 12 heteroatoms. The molecule has 29 heavy (non-hydrogen) atoms. The van der Waals surface area contributed by atoms with Crippen LogP contribution < -0.4 is 0 Å². The van der Waals surface area contributed by atoms with Gasteiger partial charge < -0.3 is 4.57 Å². The fourth-order valence-electron chi connectivity index (χ4n) is 2.79. The van der Waals surface area contributed by atoms with Crippen LogP contribution in [-0.4, -0.2) is 28.9 Å². The number of hydrogen-bond donors (Lipinski definition) is 0. The first kappa shape index (κ1) is 20.9. The number of rotatable bonds is 4. The van der Waals surface area contributed by atoms with E-state index in [1.54, 1.807) is 25.1 Å². The van der Waals surface area contributed by atoms with Crippen LogP contribution in [-0.2, 0) is 27.0 Å². The van der Waals surface area contributed by atoms with Crippen molar-refractivity contribution in [1.82, 2.24) is 14.5 Å². The molecule has 0 aliphatic rings. The van der Waals surface area contributed by atoms with Crippen molar-refractivity contribution < 1.29 is 26.4 Å². The number of aryl methyl sites for hydroxylation is 1. The van der Waals surface area contributed by atoms with Gasteiger partial charge in [0.1, 0.15) is 5.69 Å². The monoisotopic (exact) mass is 442 g/mol. The Bertz CT molecular complexity index is 1190. The van der Waals surface area contributed by atoms with Gasteiger partial charge in [0.25, 0.3) is 5.91 Å². The summed E-state index contributed by atoms with van der Waals surface area (Å²) < 4.78 is 66.3. The van der Waals surface area contributed by atoms with Gasteiger partial charge in [0.15, 0.2) is 17.1 Å². The predicted molar refractivity (Wildman–Crippen MR) is 98.6 cm³/mol. The van der Waals surface area contributed by atoms with Gasteiger partial charge in [0, 0.05) is 11.6 Å². The molecule has 0 spiro atoms. The Morgan fingerprint density at radius 2 is 1.83 bits per heavy atom. The average Bonchev–Trinajstić information content (AvgIpc) is 3.27. The number of halogens is 3. The van der Waals surface area contributed by atoms with Gasteiger partial charge in [0.05, 0.1) is 5.01 Å². The van der Waals surface area contributed by atoms with Crippen molar-refractivity contribution in [2.45, 2.75) is 25.6 Å². The van der Waals surface area contributed by atoms with E-state index in [1.165, 1.54) is 35.8 Å². The average molecular weight is 442 g/mol. The standard InChI is InChI=1S/C17H13F3N4O3S2/c1-10-21-12(9-28-10)14-22-13(17(18,19)20)8-24(14)16(2,15(25)23-29(26)27)11-6-4-3-5-7-11/h3-9H,1-2H3. The summed E-state index contributed by atoms with van der Waals surface area (Å²) in [4.78, 5) is 20.6. The zero-order valence-electron chi connectivity index (χ0n) is 15.0. The van der Waals surface area contributed by atoms with Gasteiger partial charge in [-0.05, 0) is 19.4 Å². The van der Waals surface area contributed by atoms with Crippen molar-refractivity contribution >= 4 is 27.7 Å². The van der Waals surface area contributed by atoms with E-state index in [0.717, 1.165) is 4.57 Å². The summed E-state index contributed by atoms with van der Waals surface area (Å²) in [5, 5.41) is 2.09. The summed E-state index contributed by atoms with van der Waals surface area (Å²) in [6.45, 7) is 2.95. The summed E-state index contributed by atoms with van der Waals surface area (Å²) in [5.41, 5.74) is -2.79. The first-order chi connectivity index (χ1) is 13.5. The van der Waals surface area contributed by atoms with E-state index in [9.17, 15) is 26.4 Å². The van der Waals surface area contributed by atoms with Gasteiger partial charge in [-0.1, -0.05) is 34.7 Å². The minimum absolute atomic E-state index is 0.126. The molecule has 0 fully saturated rings. The van der Waals surface area contributed by atoms with Crippen LogP contribution in [0.15, 0.2) is 46.3 Å². The van der Waals surface area contributed by atoms with E-state index >= 15 is 0 Å². The number of carbonyl (C=O) groups is 1. The van der Waals surface area contributed by atoms with Gasteiger partial charge in [-0.25, -0.2) is 9.97 Å². The third kappa shape index (κ3) is 3.98. The lowest BCUT2D eigenvalue weighted by Gasteiger charge is -2.29. The molecular formula is C17H13F3N4O3S2. The van der Waals surface area contributed by atoms with Crippen LogP contribution in [0.1, 0.15) is 23.2 Å². The lowest BCUT2D eigenvalue weighted by atomic mass is 9.90. The molecule has 1 atom stereocenters. The molecule has 152 valence electrons. The largest absolute Gasteiger partial charge is 0.434 e. The molecule has 0 N–H and O–H groups in total. The zero-order valence-corrected chi connectivity index (χ0v) is 16.6. The summed E-state index contributed by atoms with van der Waals surface area (Å²) in [6, 6.07) is 7.78. The quantitative estimate of drug-likeness (QED) is 0.614. The number of hydrogen-bond acceptors (Lipinski definition) is 6. The zero-order chi connectivity index (χ0) is 21.4. The minimum Gasteiger partial charge on any atom is -0.310 e. The molecule has 0 radical (unpaired) electrons. The molecule has 3 aromatic rings. The third-order valence-electron chi connectivity index (χ3n) is 4.24. The number of amides is 1. The minimum atomic E-state index is -4.79. The van der Waals surface area contributed by atoms with Crippen LogP contribution in [0.4, 0.5) is 13.2 Å². The van der Waals surface area contributed by atoms with Crippen LogP contribution in [0.5, 0.6) is 0 Å². The second-order valence-corrected chi connectivity index (χ2v) is 7.80. The van der Waals surface area contributed by atoms with Crippen LogP contribution in [0.3, 0.4) is 0 Å². The van der Waals surface area contributed by atoms with Gasteiger partial charge >= 0.3 is 16.7 Å². The number of nitrogens with zero attached hydrogens (tertiary/aromatic N) is 4. The summed E-state index contributed by atoms with van der Waals surface area (Å²) >= 11 is 1.20. The molecule has 2 heterocycles. The third-order valence-corrected chi connectivity index (χ3v) is 5.32. The number of benzene rings is 1. The molecule has 0 saturated heterocycles. The number of thiazole rings is 1. The molecule has 1 aromatic carbocycles. The maximum Gasteiger partial charge on any atom is 0.434 e. The Morgan fingerprint density at radius 3 is 2.34 bits per heavy atom. The summed E-state index contributed by atoms with van der Waals surface area (Å²) in [7, 11) is -3.09. The highest BCUT2D eigenvalue weighted by molar-refractivity contribution is 7.62. The SMILES string of the molecule is Cc1nc(-c2nc(C(F)(F)F)cn2C(C)(C(=O)N=S(=O)=O)c2ccccc2)cs1. The lowest BCUT2D eigenvalue weighted by Crippen LogP contribution is -2.39. The van der Waals surface area contributed by atoms with Crippen LogP contribution in [0.2, 0.25) is 0 Å². The Kier molecular flexibility index (Phi) is 5.41. The summed E-state index contributed by atoms with van der Waals surface area (Å²) in [5.74, 6) is -1.40. The van der Waals surface area contributed by atoms with Crippen LogP contribution in [0, 0.1) is 6.92 Å². The van der Waals surface area contributed by atoms with Crippen molar-refractivity contribution in [1.29, 1.82) is 0 Å². The van der Waals surface area contributed by atoms with Crippen molar-refractivity contribution in [2.24, 2.45) is 4.36 Å². The van der Waals surface area contributed by atoms with Crippen molar-refractivity contribution in [3.63, 3.8) is 0 Å². The Labute approximate surface area is 168 Å². The molecule has 2 aromatic heterocycles. The smallest absolute Gasteiger partial charge is 0.310 e. The van der Waals surface area contributed by atoms with E-state index in [1.807, 2.05) is 0 Å². The first-order valence-electron chi connectivity index (χ1n) is 8.04. The second-order valence-electron chi connectivity index (χ2n) is 6.12. The van der Waals surface area contributed by atoms with Crippen molar-refractivity contribution in [2.75, 3.05) is 0 Å². The van der Waals surface area contributed by atoms with E-state index in [0.29, 0.717) is 11.2 Å². The molecule has 1 unspecified atom stereocenters. The molecule has 7 nitrogen and oxygen atoms in total. The molecule has 0 aliphatic heterocycles. The van der Waals surface area contributed by atoms with Crippen molar-refractivity contribution in [3.8, 4) is 11.5 Å². The topological polar surface area (TPSA) is 94.3 Å². The number of alkyl halides is 3. The second kappa shape index (κ2) is 7.52. The Hall–Kier alpha value is -2.86. The molecule has 0 bridgehead atoms. The van der Waals surface area contributed by atoms with Crippen LogP contribution >= 0.6 is 11.3 Å². The molecule has 1 amide bonds. The number of aromatic nitrogens is 3.